The molecule has 0 spiro atoms. The van der Waals surface area contributed by atoms with E-state index in [0.717, 1.165) is 53.9 Å². The number of nitrogens with zero attached hydrogens (tertiary/aromatic N) is 2. The van der Waals surface area contributed by atoms with Gasteiger partial charge in [0.1, 0.15) is 17.6 Å². The molecule has 4 rings (SSSR count). The highest BCUT2D eigenvalue weighted by atomic mass is 35.5. The fraction of sp³-hybridized carbons (Fsp3) is 0.250. The third-order valence-corrected chi connectivity index (χ3v) is 5.17. The zero-order valence-electron chi connectivity index (χ0n) is 17.4. The minimum absolute atomic E-state index is 0.403. The number of para-hydroxylation sites is 2. The van der Waals surface area contributed by atoms with Gasteiger partial charge in [0.15, 0.2) is 11.5 Å². The number of halogens is 1. The Morgan fingerprint density at radius 1 is 1.03 bits per heavy atom. The zero-order chi connectivity index (χ0) is 21.5. The number of aromatic amines is 1. The molecule has 2 heterocycles. The maximum Gasteiger partial charge on any atom is 0.161 e. The molecule has 0 saturated carbocycles. The van der Waals surface area contributed by atoms with Crippen LogP contribution in [-0.4, -0.2) is 28.6 Å². The number of H-pyrrole nitrogens is 1. The normalized spacial score (nSPS) is 11.0. The van der Waals surface area contributed by atoms with Gasteiger partial charge in [0.25, 0.3) is 0 Å². The Balaban J connectivity index is 1.24. The third kappa shape index (κ3) is 5.75. The van der Waals surface area contributed by atoms with Gasteiger partial charge in [-0.15, -0.1) is 0 Å². The van der Waals surface area contributed by atoms with Crippen LogP contribution in [0.4, 0.5) is 0 Å². The molecular weight excluding hydrogens is 412 g/mol. The predicted octanol–water partition coefficient (Wildman–Crippen LogP) is 4.92. The number of ether oxygens (including phenoxy) is 2. The quantitative estimate of drug-likeness (QED) is 0.272. The SMILES string of the molecule is COc1cc(CNCCCc2nc3ccccc3[nH]2)ccc1OCc1ccc(Cl)nc1. The third-order valence-electron chi connectivity index (χ3n) is 4.95. The van der Waals surface area contributed by atoms with Gasteiger partial charge in [0.2, 0.25) is 0 Å². The second-order valence-electron chi connectivity index (χ2n) is 7.24. The standard InChI is InChI=1S/C24H25ClN4O2/c1-30-22-13-17(8-10-21(22)31-16-18-9-11-23(25)27-15-18)14-26-12-4-7-24-28-19-5-2-3-6-20(19)29-24/h2-3,5-6,8-11,13,15,26H,4,7,12,14,16H2,1H3,(H,28,29). The molecule has 0 saturated heterocycles. The van der Waals surface area contributed by atoms with Gasteiger partial charge in [0, 0.05) is 24.7 Å². The number of pyridine rings is 1. The summed E-state index contributed by atoms with van der Waals surface area (Å²) in [6, 6.07) is 17.7. The number of rotatable bonds is 10. The van der Waals surface area contributed by atoms with Crippen LogP contribution in [-0.2, 0) is 19.6 Å². The minimum atomic E-state index is 0.403. The number of aryl methyl sites for hydroxylation is 1. The Hall–Kier alpha value is -3.09. The maximum atomic E-state index is 5.89. The molecule has 2 N–H and O–H groups in total. The molecule has 4 aromatic rings. The summed E-state index contributed by atoms with van der Waals surface area (Å²) in [4.78, 5) is 12.1. The average Bonchev–Trinajstić information content (AvgIpc) is 3.21. The van der Waals surface area contributed by atoms with E-state index in [4.69, 9.17) is 21.1 Å². The summed E-state index contributed by atoms with van der Waals surface area (Å²) < 4.78 is 11.4. The number of methoxy groups -OCH3 is 1. The van der Waals surface area contributed by atoms with E-state index in [-0.39, 0.29) is 0 Å². The van der Waals surface area contributed by atoms with Crippen molar-refractivity contribution in [2.75, 3.05) is 13.7 Å². The molecule has 0 radical (unpaired) electrons. The van der Waals surface area contributed by atoms with Crippen LogP contribution in [0.25, 0.3) is 11.0 Å². The fourth-order valence-corrected chi connectivity index (χ4v) is 3.44. The molecule has 2 aromatic carbocycles. The molecule has 0 bridgehead atoms. The van der Waals surface area contributed by atoms with Gasteiger partial charge in [0.05, 0.1) is 18.1 Å². The van der Waals surface area contributed by atoms with Crippen molar-refractivity contribution in [2.45, 2.75) is 26.0 Å². The molecule has 6 nitrogen and oxygen atoms in total. The molecule has 160 valence electrons. The summed E-state index contributed by atoms with van der Waals surface area (Å²) in [5, 5.41) is 3.95. The van der Waals surface area contributed by atoms with Crippen LogP contribution in [0.15, 0.2) is 60.8 Å². The number of benzene rings is 2. The van der Waals surface area contributed by atoms with Gasteiger partial charge in [-0.3, -0.25) is 0 Å². The van der Waals surface area contributed by atoms with E-state index in [1.807, 2.05) is 42.5 Å². The van der Waals surface area contributed by atoms with Crippen LogP contribution >= 0.6 is 11.6 Å². The smallest absolute Gasteiger partial charge is 0.161 e. The molecular formula is C24H25ClN4O2. The van der Waals surface area contributed by atoms with Gasteiger partial charge in [-0.05, 0) is 48.9 Å². The topological polar surface area (TPSA) is 72.1 Å². The monoisotopic (exact) mass is 436 g/mol. The van der Waals surface area contributed by atoms with Crippen LogP contribution in [0.5, 0.6) is 11.5 Å². The van der Waals surface area contributed by atoms with E-state index in [2.05, 4.69) is 26.3 Å². The van der Waals surface area contributed by atoms with Gasteiger partial charge in [-0.25, -0.2) is 9.97 Å². The highest BCUT2D eigenvalue weighted by Crippen LogP contribution is 2.29. The molecule has 0 aliphatic carbocycles. The molecule has 7 heteroatoms. The molecule has 0 aliphatic heterocycles. The van der Waals surface area contributed by atoms with Crippen molar-refractivity contribution in [3.63, 3.8) is 0 Å². The van der Waals surface area contributed by atoms with Crippen molar-refractivity contribution in [3.8, 4) is 11.5 Å². The van der Waals surface area contributed by atoms with Crippen molar-refractivity contribution in [1.82, 2.24) is 20.3 Å². The summed E-state index contributed by atoms with van der Waals surface area (Å²) in [5.74, 6) is 2.44. The summed E-state index contributed by atoms with van der Waals surface area (Å²) in [6.45, 7) is 2.07. The van der Waals surface area contributed by atoms with Crippen LogP contribution in [0.3, 0.4) is 0 Å². The molecule has 0 amide bonds. The number of hydrogen-bond donors (Lipinski definition) is 2. The lowest BCUT2D eigenvalue weighted by Crippen LogP contribution is -2.15. The second-order valence-corrected chi connectivity index (χ2v) is 7.63. The largest absolute Gasteiger partial charge is 0.493 e. The van der Waals surface area contributed by atoms with Gasteiger partial charge < -0.3 is 19.8 Å². The Morgan fingerprint density at radius 3 is 2.71 bits per heavy atom. The van der Waals surface area contributed by atoms with E-state index in [0.29, 0.717) is 23.3 Å². The van der Waals surface area contributed by atoms with E-state index >= 15 is 0 Å². The molecule has 0 unspecified atom stereocenters. The zero-order valence-corrected chi connectivity index (χ0v) is 18.2. The van der Waals surface area contributed by atoms with Gasteiger partial charge in [-0.2, -0.15) is 0 Å². The Bertz CT molecular complexity index is 1100. The first kappa shape index (κ1) is 21.2. The summed E-state index contributed by atoms with van der Waals surface area (Å²) in [6.07, 6.45) is 3.63. The van der Waals surface area contributed by atoms with Crippen LogP contribution in [0, 0.1) is 0 Å². The molecule has 31 heavy (non-hydrogen) atoms. The highest BCUT2D eigenvalue weighted by molar-refractivity contribution is 6.29. The van der Waals surface area contributed by atoms with Crippen LogP contribution < -0.4 is 14.8 Å². The van der Waals surface area contributed by atoms with E-state index in [1.54, 1.807) is 19.4 Å². The average molecular weight is 437 g/mol. The van der Waals surface area contributed by atoms with Crippen molar-refractivity contribution in [2.24, 2.45) is 0 Å². The Labute approximate surface area is 186 Å². The van der Waals surface area contributed by atoms with E-state index in [1.165, 1.54) is 0 Å². The first-order chi connectivity index (χ1) is 15.2. The van der Waals surface area contributed by atoms with Gasteiger partial charge in [-0.1, -0.05) is 35.9 Å². The number of fused-ring (bicyclic) bond motifs is 1. The van der Waals surface area contributed by atoms with Crippen molar-refractivity contribution in [1.29, 1.82) is 0 Å². The van der Waals surface area contributed by atoms with Crippen molar-refractivity contribution < 1.29 is 9.47 Å². The second kappa shape index (κ2) is 10.3. The van der Waals surface area contributed by atoms with Crippen molar-refractivity contribution in [3.05, 3.63) is 82.9 Å². The molecule has 2 aromatic heterocycles. The first-order valence-corrected chi connectivity index (χ1v) is 10.6. The lowest BCUT2D eigenvalue weighted by Gasteiger charge is -2.13. The lowest BCUT2D eigenvalue weighted by molar-refractivity contribution is 0.284. The van der Waals surface area contributed by atoms with Gasteiger partial charge >= 0.3 is 0 Å². The van der Waals surface area contributed by atoms with E-state index in [9.17, 15) is 0 Å². The first-order valence-electron chi connectivity index (χ1n) is 10.3. The molecule has 0 fully saturated rings. The van der Waals surface area contributed by atoms with Crippen LogP contribution in [0.2, 0.25) is 5.15 Å². The fourth-order valence-electron chi connectivity index (χ4n) is 3.33. The molecule has 0 aliphatic rings. The summed E-state index contributed by atoms with van der Waals surface area (Å²) in [5.41, 5.74) is 4.20. The van der Waals surface area contributed by atoms with E-state index < -0.39 is 0 Å². The van der Waals surface area contributed by atoms with Crippen LogP contribution in [0.1, 0.15) is 23.4 Å². The Kier molecular flexibility index (Phi) is 7.02. The maximum absolute atomic E-state index is 5.89. The summed E-state index contributed by atoms with van der Waals surface area (Å²) >= 11 is 5.82. The highest BCUT2D eigenvalue weighted by Gasteiger charge is 2.07. The number of hydrogen-bond acceptors (Lipinski definition) is 5. The number of aromatic nitrogens is 3. The summed E-state index contributed by atoms with van der Waals surface area (Å²) in [7, 11) is 1.65. The Morgan fingerprint density at radius 2 is 1.90 bits per heavy atom. The van der Waals surface area contributed by atoms with Crippen molar-refractivity contribution >= 4 is 22.6 Å². The predicted molar refractivity (Wildman–Crippen MR) is 123 cm³/mol. The number of imidazole rings is 1. The molecule has 0 atom stereocenters. The number of nitrogens with one attached hydrogen (secondary N) is 2. The minimum Gasteiger partial charge on any atom is -0.493 e. The lowest BCUT2D eigenvalue weighted by atomic mass is 10.2.